The van der Waals surface area contributed by atoms with Gasteiger partial charge in [-0.2, -0.15) is 0 Å². The van der Waals surface area contributed by atoms with Crippen LogP contribution in [-0.2, 0) is 11.2 Å². The van der Waals surface area contributed by atoms with E-state index in [1.54, 1.807) is 18.6 Å². The summed E-state index contributed by atoms with van der Waals surface area (Å²) in [5, 5.41) is 23.0. The van der Waals surface area contributed by atoms with E-state index in [-0.39, 0.29) is 17.5 Å². The molecule has 1 fully saturated rings. The number of nitro benzene ring substituents is 1. The van der Waals surface area contributed by atoms with E-state index in [0.717, 1.165) is 41.8 Å². The fourth-order valence-electron chi connectivity index (χ4n) is 5.15. The van der Waals surface area contributed by atoms with Gasteiger partial charge in [0.2, 0.25) is 5.91 Å². The molecule has 1 amide bonds. The molecule has 10 nitrogen and oxygen atoms in total. The summed E-state index contributed by atoms with van der Waals surface area (Å²) in [5.41, 5.74) is 5.66. The van der Waals surface area contributed by atoms with E-state index in [4.69, 9.17) is 4.99 Å². The lowest BCUT2D eigenvalue weighted by molar-refractivity contribution is -0.384. The van der Waals surface area contributed by atoms with Crippen LogP contribution in [0.4, 0.5) is 11.4 Å². The number of fused-ring (bicyclic) bond motifs is 1. The van der Waals surface area contributed by atoms with E-state index in [0.29, 0.717) is 40.8 Å². The molecular weight excluding hydrogens is 532 g/mol. The topological polar surface area (TPSA) is 141 Å². The highest BCUT2D eigenvalue weighted by atomic mass is 16.6. The third-order valence-corrected chi connectivity index (χ3v) is 7.39. The summed E-state index contributed by atoms with van der Waals surface area (Å²) in [6.07, 6.45) is 9.50. The Labute approximate surface area is 241 Å². The first-order chi connectivity index (χ1) is 20.4. The van der Waals surface area contributed by atoms with Crippen molar-refractivity contribution in [1.29, 1.82) is 0 Å². The van der Waals surface area contributed by atoms with Gasteiger partial charge in [-0.15, -0.1) is 0 Å². The highest BCUT2D eigenvalue weighted by Gasteiger charge is 2.22. The Morgan fingerprint density at radius 3 is 2.60 bits per heavy atom. The maximum atomic E-state index is 12.0. The summed E-state index contributed by atoms with van der Waals surface area (Å²) in [6.45, 7) is 1.48. The van der Waals surface area contributed by atoms with Crippen LogP contribution in [-0.4, -0.2) is 54.6 Å². The highest BCUT2D eigenvalue weighted by Crippen LogP contribution is 2.34. The van der Waals surface area contributed by atoms with Crippen molar-refractivity contribution in [3.8, 4) is 5.88 Å². The summed E-state index contributed by atoms with van der Waals surface area (Å²) in [5.74, 6) is 0.0766. The van der Waals surface area contributed by atoms with Gasteiger partial charge in [-0.25, -0.2) is 9.98 Å². The van der Waals surface area contributed by atoms with Gasteiger partial charge in [0, 0.05) is 48.1 Å². The number of carbonyl (C=O) groups is 1. The van der Waals surface area contributed by atoms with E-state index in [1.165, 1.54) is 12.1 Å². The van der Waals surface area contributed by atoms with Crippen LogP contribution in [0.5, 0.6) is 5.88 Å². The molecule has 10 heteroatoms. The second kappa shape index (κ2) is 11.5. The predicted octanol–water partition coefficient (Wildman–Crippen LogP) is 6.01. The van der Waals surface area contributed by atoms with E-state index >= 15 is 0 Å². The molecule has 3 aromatic carbocycles. The Hall–Kier alpha value is -5.51. The van der Waals surface area contributed by atoms with Crippen LogP contribution in [0.25, 0.3) is 23.1 Å². The number of nitrogens with zero attached hydrogens (tertiary/aromatic N) is 4. The van der Waals surface area contributed by atoms with Crippen LogP contribution in [0.1, 0.15) is 40.8 Å². The van der Waals surface area contributed by atoms with Gasteiger partial charge >= 0.3 is 0 Å². The highest BCUT2D eigenvalue weighted by molar-refractivity contribution is 6.22. The maximum absolute atomic E-state index is 12.0. The molecule has 42 heavy (non-hydrogen) atoms. The number of benzene rings is 3. The lowest BCUT2D eigenvalue weighted by Gasteiger charge is -2.15. The molecule has 0 saturated carbocycles. The molecule has 1 aliphatic heterocycles. The van der Waals surface area contributed by atoms with Crippen molar-refractivity contribution in [3.05, 3.63) is 117 Å². The Kier molecular flexibility index (Phi) is 7.33. The molecule has 1 aliphatic rings. The van der Waals surface area contributed by atoms with Gasteiger partial charge in [0.1, 0.15) is 0 Å². The lowest BCUT2D eigenvalue weighted by atomic mass is 9.98. The zero-order valence-electron chi connectivity index (χ0n) is 22.7. The van der Waals surface area contributed by atoms with E-state index in [2.05, 4.69) is 15.0 Å². The third kappa shape index (κ3) is 5.68. The standard InChI is InChI=1S/C32H28N6O4/c39-29-2-1-16-37(29)17-15-22-3-8-23(9-4-22)31(30-27-18-26(38(41)42)13-14-28(27)36-32(30)40)35-24-10-5-21(6-11-24)7-12-25-19-33-20-34-25/h3-14,18-20,36,40H,1-2,15-17H2,(H,33,34). The summed E-state index contributed by atoms with van der Waals surface area (Å²) in [4.78, 5) is 39.9. The second-order valence-electron chi connectivity index (χ2n) is 10.2. The molecule has 1 saturated heterocycles. The third-order valence-electron chi connectivity index (χ3n) is 7.39. The zero-order chi connectivity index (χ0) is 29.1. The molecular formula is C32H28N6O4. The number of aromatic hydroxyl groups is 1. The number of aliphatic imine (C=N–C) groups is 1. The van der Waals surface area contributed by atoms with Crippen molar-refractivity contribution in [2.45, 2.75) is 19.3 Å². The second-order valence-corrected chi connectivity index (χ2v) is 10.2. The SMILES string of the molecule is O=C1CCCN1CCc1ccc(C(=Nc2ccc(C=Cc3cnc[nH]3)cc2)c2c(O)[nH]c3ccc([N+](=O)[O-])cc23)cc1. The minimum atomic E-state index is -0.459. The van der Waals surface area contributed by atoms with Crippen LogP contribution in [0.2, 0.25) is 0 Å². The van der Waals surface area contributed by atoms with Crippen LogP contribution >= 0.6 is 0 Å². The van der Waals surface area contributed by atoms with Gasteiger partial charge in [-0.05, 0) is 48.2 Å². The quantitative estimate of drug-likeness (QED) is 0.115. The fraction of sp³-hybridized carbons (Fsp3) is 0.156. The number of nitrogens with one attached hydrogen (secondary N) is 2. The number of aromatic amines is 2. The Morgan fingerprint density at radius 1 is 1.10 bits per heavy atom. The van der Waals surface area contributed by atoms with Crippen molar-refractivity contribution in [2.75, 3.05) is 13.1 Å². The number of amides is 1. The van der Waals surface area contributed by atoms with Gasteiger partial charge in [0.15, 0.2) is 5.88 Å². The molecule has 3 N–H and O–H groups in total. The number of rotatable bonds is 9. The van der Waals surface area contributed by atoms with Crippen LogP contribution < -0.4 is 0 Å². The summed E-state index contributed by atoms with van der Waals surface area (Å²) >= 11 is 0. The molecule has 0 bridgehead atoms. The first-order valence-electron chi connectivity index (χ1n) is 13.7. The summed E-state index contributed by atoms with van der Waals surface area (Å²) < 4.78 is 0. The fourth-order valence-corrected chi connectivity index (χ4v) is 5.15. The van der Waals surface area contributed by atoms with Crippen molar-refractivity contribution >= 4 is 46.0 Å². The van der Waals surface area contributed by atoms with E-state index in [1.807, 2.05) is 65.6 Å². The zero-order valence-corrected chi connectivity index (χ0v) is 22.7. The average molecular weight is 561 g/mol. The Morgan fingerprint density at radius 2 is 1.90 bits per heavy atom. The number of likely N-dealkylation sites (tertiary alicyclic amines) is 1. The van der Waals surface area contributed by atoms with Gasteiger partial charge in [-0.1, -0.05) is 42.5 Å². The summed E-state index contributed by atoms with van der Waals surface area (Å²) in [7, 11) is 0. The van der Waals surface area contributed by atoms with Gasteiger partial charge in [-0.3, -0.25) is 14.9 Å². The van der Waals surface area contributed by atoms with Crippen LogP contribution in [0, 0.1) is 10.1 Å². The predicted molar refractivity (Wildman–Crippen MR) is 162 cm³/mol. The maximum Gasteiger partial charge on any atom is 0.270 e. The summed E-state index contributed by atoms with van der Waals surface area (Å²) in [6, 6.07) is 19.9. The van der Waals surface area contributed by atoms with Crippen LogP contribution in [0.3, 0.4) is 0 Å². The molecule has 5 aromatic rings. The number of imidazole rings is 1. The molecule has 0 aliphatic carbocycles. The number of nitro groups is 1. The first-order valence-corrected chi connectivity index (χ1v) is 13.7. The largest absolute Gasteiger partial charge is 0.494 e. The normalized spacial score (nSPS) is 14.0. The minimum Gasteiger partial charge on any atom is -0.494 e. The smallest absolute Gasteiger partial charge is 0.270 e. The van der Waals surface area contributed by atoms with Crippen molar-refractivity contribution in [3.63, 3.8) is 0 Å². The molecule has 6 rings (SSSR count). The van der Waals surface area contributed by atoms with Crippen molar-refractivity contribution in [1.82, 2.24) is 19.9 Å². The number of H-pyrrole nitrogens is 2. The molecule has 3 heterocycles. The molecule has 2 aromatic heterocycles. The van der Waals surface area contributed by atoms with Crippen LogP contribution in [0.15, 0.2) is 84.2 Å². The van der Waals surface area contributed by atoms with Gasteiger partial charge in [0.05, 0.1) is 40.1 Å². The number of aromatic nitrogens is 3. The molecule has 0 radical (unpaired) electrons. The lowest BCUT2D eigenvalue weighted by Crippen LogP contribution is -2.26. The van der Waals surface area contributed by atoms with E-state index < -0.39 is 4.92 Å². The van der Waals surface area contributed by atoms with Gasteiger partial charge < -0.3 is 20.0 Å². The number of hydrogen-bond donors (Lipinski definition) is 3. The molecule has 0 atom stereocenters. The number of non-ortho nitro benzene ring substituents is 1. The Balaban J connectivity index is 1.36. The molecule has 210 valence electrons. The Bertz CT molecular complexity index is 1800. The molecule has 0 unspecified atom stereocenters. The van der Waals surface area contributed by atoms with Gasteiger partial charge in [0.25, 0.3) is 5.69 Å². The van der Waals surface area contributed by atoms with Crippen molar-refractivity contribution < 1.29 is 14.8 Å². The monoisotopic (exact) mass is 560 g/mol. The van der Waals surface area contributed by atoms with E-state index in [9.17, 15) is 20.0 Å². The number of hydrogen-bond acceptors (Lipinski definition) is 6. The number of carbonyl (C=O) groups excluding carboxylic acids is 1. The van der Waals surface area contributed by atoms with Crippen molar-refractivity contribution in [2.24, 2.45) is 4.99 Å². The average Bonchev–Trinajstić information content (AvgIpc) is 3.74. The molecule has 0 spiro atoms. The first kappa shape index (κ1) is 26.7. The minimum absolute atomic E-state index is 0.0812.